The number of alkyl halides is 2. The summed E-state index contributed by atoms with van der Waals surface area (Å²) in [7, 11) is 3.66. The molecule has 1 aliphatic rings. The van der Waals surface area contributed by atoms with Crippen molar-refractivity contribution in [3.63, 3.8) is 0 Å². The molecule has 2 N–H and O–H groups in total. The fourth-order valence-corrected chi connectivity index (χ4v) is 4.23. The van der Waals surface area contributed by atoms with Crippen LogP contribution in [0.15, 0.2) is 55.2 Å². The molecule has 1 atom stereocenters. The van der Waals surface area contributed by atoms with Crippen molar-refractivity contribution in [2.75, 3.05) is 18.0 Å². The third-order valence-electron chi connectivity index (χ3n) is 5.68. The van der Waals surface area contributed by atoms with E-state index >= 15 is 0 Å². The third-order valence-corrected chi connectivity index (χ3v) is 5.68. The molecule has 0 unspecified atom stereocenters. The number of piperidine rings is 1. The normalized spacial score (nSPS) is 18.0. The van der Waals surface area contributed by atoms with Gasteiger partial charge in [0.1, 0.15) is 5.82 Å². The highest BCUT2D eigenvalue weighted by Crippen LogP contribution is 2.35. The Labute approximate surface area is 189 Å². The lowest BCUT2D eigenvalue weighted by Crippen LogP contribution is -2.53. The molecule has 0 radical (unpaired) electrons. The molecule has 1 aromatic carbocycles. The minimum absolute atomic E-state index is 0.287. The fourth-order valence-electron chi connectivity index (χ4n) is 4.23. The Morgan fingerprint density at radius 2 is 1.67 bits per heavy atom. The first-order valence-electron chi connectivity index (χ1n) is 10.6. The van der Waals surface area contributed by atoms with Gasteiger partial charge in [0.05, 0.1) is 18.9 Å². The van der Waals surface area contributed by atoms with Crippen molar-refractivity contribution in [1.29, 1.82) is 0 Å². The quantitative estimate of drug-likeness (QED) is 0.514. The van der Waals surface area contributed by atoms with Crippen molar-refractivity contribution in [1.82, 2.24) is 29.5 Å². The minimum atomic E-state index is -2.89. The highest BCUT2D eigenvalue weighted by molar-refractivity contribution is 5.77. The molecule has 0 aliphatic carbocycles. The Kier molecular flexibility index (Phi) is 5.16. The monoisotopic (exact) mass is 450 g/mol. The maximum Gasteiger partial charge on any atom is 0.266 e. The zero-order valence-corrected chi connectivity index (χ0v) is 18.4. The first kappa shape index (κ1) is 21.2. The van der Waals surface area contributed by atoms with Gasteiger partial charge in [-0.15, -0.1) is 0 Å². The van der Waals surface area contributed by atoms with E-state index < -0.39 is 18.5 Å². The summed E-state index contributed by atoms with van der Waals surface area (Å²) in [6.45, 7) is -0.158. The summed E-state index contributed by atoms with van der Waals surface area (Å²) in [5.41, 5.74) is 10.1. The summed E-state index contributed by atoms with van der Waals surface area (Å²) in [6, 6.07) is 7.12. The third kappa shape index (κ3) is 4.34. The van der Waals surface area contributed by atoms with E-state index in [1.54, 1.807) is 39.9 Å². The van der Waals surface area contributed by atoms with Gasteiger partial charge in [-0.3, -0.25) is 9.36 Å². The molecule has 0 amide bonds. The van der Waals surface area contributed by atoms with Crippen LogP contribution in [0.2, 0.25) is 0 Å². The van der Waals surface area contributed by atoms with Crippen molar-refractivity contribution in [3.05, 3.63) is 55.2 Å². The number of aryl methyl sites for hydroxylation is 2. The zero-order valence-electron chi connectivity index (χ0n) is 18.4. The molecule has 4 heterocycles. The predicted molar refractivity (Wildman–Crippen MR) is 122 cm³/mol. The molecule has 1 fully saturated rings. The summed E-state index contributed by atoms with van der Waals surface area (Å²) >= 11 is 0. The van der Waals surface area contributed by atoms with E-state index in [2.05, 4.69) is 15.2 Å². The van der Waals surface area contributed by atoms with Crippen molar-refractivity contribution < 1.29 is 8.78 Å². The van der Waals surface area contributed by atoms with E-state index in [-0.39, 0.29) is 13.0 Å². The standard InChI is InChI=1S/C23H24F2N8/c1-31-11-17(8-28-31)15-4-3-5-16(6-15)21-27-10-20(18-9-29-32(2)12-18)22(30-21)33-13-19(26)7-23(24,25)14-33/h3-6,8-12,19H,7,13-14,26H2,1-2H3/t19-/m1/s1. The van der Waals surface area contributed by atoms with E-state index in [0.717, 1.165) is 22.3 Å². The molecular formula is C23H24F2N8. The van der Waals surface area contributed by atoms with Gasteiger partial charge >= 0.3 is 0 Å². The fraction of sp³-hybridized carbons (Fsp3) is 0.304. The second kappa shape index (κ2) is 8.04. The molecule has 3 aromatic heterocycles. The molecular weight excluding hydrogens is 426 g/mol. The largest absolute Gasteiger partial charge is 0.348 e. The maximum atomic E-state index is 14.4. The molecule has 8 nitrogen and oxygen atoms in total. The number of nitrogens with two attached hydrogens (primary N) is 1. The first-order chi connectivity index (χ1) is 15.8. The van der Waals surface area contributed by atoms with Gasteiger partial charge in [0.15, 0.2) is 5.82 Å². The zero-order chi connectivity index (χ0) is 23.2. The smallest absolute Gasteiger partial charge is 0.266 e. The summed E-state index contributed by atoms with van der Waals surface area (Å²) in [5.74, 6) is -2.02. The van der Waals surface area contributed by atoms with Gasteiger partial charge in [0.25, 0.3) is 5.92 Å². The second-order valence-corrected chi connectivity index (χ2v) is 8.52. The van der Waals surface area contributed by atoms with E-state index in [1.807, 2.05) is 43.7 Å². The number of hydrogen-bond acceptors (Lipinski definition) is 6. The lowest BCUT2D eigenvalue weighted by Gasteiger charge is -2.37. The summed E-state index contributed by atoms with van der Waals surface area (Å²) in [6.07, 6.45) is 8.53. The van der Waals surface area contributed by atoms with E-state index in [9.17, 15) is 8.78 Å². The topological polar surface area (TPSA) is 90.7 Å². The number of rotatable bonds is 4. The van der Waals surface area contributed by atoms with E-state index in [4.69, 9.17) is 10.7 Å². The SMILES string of the molecule is Cn1cc(-c2cccc(-c3ncc(-c4cnn(C)c4)c(N4C[C@H](N)CC(F)(F)C4)n3)c2)cn1. The molecule has 1 aliphatic heterocycles. The lowest BCUT2D eigenvalue weighted by atomic mass is 10.0. The number of aromatic nitrogens is 6. The van der Waals surface area contributed by atoms with Crippen LogP contribution in [0.1, 0.15) is 6.42 Å². The van der Waals surface area contributed by atoms with Crippen LogP contribution in [0.25, 0.3) is 33.6 Å². The Morgan fingerprint density at radius 1 is 0.970 bits per heavy atom. The van der Waals surface area contributed by atoms with Gasteiger partial charge in [-0.05, 0) is 11.6 Å². The number of benzene rings is 1. The van der Waals surface area contributed by atoms with E-state index in [1.165, 1.54) is 0 Å². The number of hydrogen-bond donors (Lipinski definition) is 1. The number of halogens is 2. The average molecular weight is 450 g/mol. The van der Waals surface area contributed by atoms with Crippen LogP contribution in [0.3, 0.4) is 0 Å². The highest BCUT2D eigenvalue weighted by Gasteiger charge is 2.40. The van der Waals surface area contributed by atoms with Crippen LogP contribution in [0.4, 0.5) is 14.6 Å². The maximum absolute atomic E-state index is 14.4. The molecule has 0 bridgehead atoms. The molecule has 33 heavy (non-hydrogen) atoms. The summed E-state index contributed by atoms with van der Waals surface area (Å²) in [4.78, 5) is 10.9. The van der Waals surface area contributed by atoms with Crippen LogP contribution in [0, 0.1) is 0 Å². The first-order valence-corrected chi connectivity index (χ1v) is 10.6. The Hall–Kier alpha value is -3.66. The molecule has 4 aromatic rings. The molecule has 1 saturated heterocycles. The summed E-state index contributed by atoms with van der Waals surface area (Å²) in [5, 5.41) is 8.44. The average Bonchev–Trinajstić information content (AvgIpc) is 3.40. The van der Waals surface area contributed by atoms with Crippen molar-refractivity contribution in [2.45, 2.75) is 18.4 Å². The van der Waals surface area contributed by atoms with Gasteiger partial charge in [-0.2, -0.15) is 10.2 Å². The minimum Gasteiger partial charge on any atom is -0.348 e. The molecule has 0 spiro atoms. The van der Waals surface area contributed by atoms with Gasteiger partial charge in [-0.1, -0.05) is 18.2 Å². The number of anilines is 1. The lowest BCUT2D eigenvalue weighted by molar-refractivity contribution is -0.0173. The van der Waals surface area contributed by atoms with Crippen LogP contribution in [-0.4, -0.2) is 54.6 Å². The van der Waals surface area contributed by atoms with Gasteiger partial charge in [-0.25, -0.2) is 18.7 Å². The van der Waals surface area contributed by atoms with Crippen molar-refractivity contribution in [3.8, 4) is 33.6 Å². The Balaban J connectivity index is 1.60. The molecule has 10 heteroatoms. The molecule has 5 rings (SSSR count). The van der Waals surface area contributed by atoms with Crippen LogP contribution in [-0.2, 0) is 14.1 Å². The van der Waals surface area contributed by atoms with Crippen LogP contribution in [0.5, 0.6) is 0 Å². The van der Waals surface area contributed by atoms with E-state index in [0.29, 0.717) is 17.2 Å². The summed E-state index contributed by atoms with van der Waals surface area (Å²) < 4.78 is 32.2. The number of nitrogens with zero attached hydrogens (tertiary/aromatic N) is 7. The van der Waals surface area contributed by atoms with Crippen molar-refractivity contribution in [2.24, 2.45) is 19.8 Å². The predicted octanol–water partition coefficient (Wildman–Crippen LogP) is 3.12. The van der Waals surface area contributed by atoms with Crippen LogP contribution < -0.4 is 10.6 Å². The Morgan fingerprint density at radius 3 is 2.33 bits per heavy atom. The van der Waals surface area contributed by atoms with Gasteiger partial charge in [0.2, 0.25) is 0 Å². The van der Waals surface area contributed by atoms with Gasteiger partial charge < -0.3 is 10.6 Å². The van der Waals surface area contributed by atoms with Crippen LogP contribution >= 0.6 is 0 Å². The Bertz CT molecular complexity index is 1300. The highest BCUT2D eigenvalue weighted by atomic mass is 19.3. The molecule has 0 saturated carbocycles. The van der Waals surface area contributed by atoms with Gasteiger partial charge in [0, 0.05) is 73.9 Å². The molecule has 170 valence electrons. The second-order valence-electron chi connectivity index (χ2n) is 8.52. The van der Waals surface area contributed by atoms with Crippen molar-refractivity contribution >= 4 is 5.82 Å².